The van der Waals surface area contributed by atoms with Gasteiger partial charge in [0.25, 0.3) is 11.6 Å². The van der Waals surface area contributed by atoms with Crippen molar-refractivity contribution in [2.24, 2.45) is 0 Å². The van der Waals surface area contributed by atoms with E-state index in [0.29, 0.717) is 22.3 Å². The van der Waals surface area contributed by atoms with E-state index in [1.165, 1.54) is 18.2 Å². The number of pyridine rings is 1. The summed E-state index contributed by atoms with van der Waals surface area (Å²) in [6.07, 6.45) is 1.65. The third-order valence-electron chi connectivity index (χ3n) is 3.62. The van der Waals surface area contributed by atoms with Crippen LogP contribution >= 0.6 is 15.9 Å². The second kappa shape index (κ2) is 6.37. The zero-order chi connectivity index (χ0) is 17.3. The van der Waals surface area contributed by atoms with E-state index in [0.717, 1.165) is 9.86 Å². The molecule has 0 bridgehead atoms. The monoisotopic (exact) mass is 385 g/mol. The number of nitrogens with zero attached hydrogens (tertiary/aromatic N) is 2. The largest absolute Gasteiger partial charge is 0.320 e. The molecular weight excluding hydrogens is 374 g/mol. The molecular formula is C17H12BrN3O3. The van der Waals surface area contributed by atoms with E-state index in [2.05, 4.69) is 26.2 Å². The number of carbonyl (C=O) groups excluding carboxylic acids is 1. The molecule has 0 atom stereocenters. The molecule has 0 radical (unpaired) electrons. The number of fused-ring (bicyclic) bond motifs is 1. The number of aromatic nitrogens is 1. The van der Waals surface area contributed by atoms with Gasteiger partial charge in [-0.05, 0) is 37.3 Å². The molecule has 6 nitrogen and oxygen atoms in total. The minimum absolute atomic E-state index is 0.0118. The number of hydrogen-bond acceptors (Lipinski definition) is 4. The highest BCUT2D eigenvalue weighted by molar-refractivity contribution is 9.10. The van der Waals surface area contributed by atoms with Crippen molar-refractivity contribution in [3.05, 3.63) is 74.4 Å². The maximum Gasteiger partial charge on any atom is 0.272 e. The first kappa shape index (κ1) is 16.1. The Morgan fingerprint density at radius 2 is 2.04 bits per heavy atom. The molecule has 3 rings (SSSR count). The van der Waals surface area contributed by atoms with E-state index in [-0.39, 0.29) is 11.6 Å². The van der Waals surface area contributed by atoms with Gasteiger partial charge in [0.1, 0.15) is 0 Å². The molecule has 1 aromatic heterocycles. The number of aryl methyl sites for hydroxylation is 1. The van der Waals surface area contributed by atoms with Crippen LogP contribution in [0.4, 0.5) is 11.4 Å². The summed E-state index contributed by atoms with van der Waals surface area (Å²) in [7, 11) is 0. The van der Waals surface area contributed by atoms with Gasteiger partial charge in [-0.1, -0.05) is 22.0 Å². The van der Waals surface area contributed by atoms with Gasteiger partial charge in [0.05, 0.1) is 16.1 Å². The predicted molar refractivity (Wildman–Crippen MR) is 95.2 cm³/mol. The molecule has 0 aliphatic rings. The minimum atomic E-state index is -0.469. The lowest BCUT2D eigenvalue weighted by atomic mass is 10.1. The van der Waals surface area contributed by atoms with Gasteiger partial charge < -0.3 is 5.32 Å². The summed E-state index contributed by atoms with van der Waals surface area (Å²) >= 11 is 3.46. The number of nitro benzene ring substituents is 1. The van der Waals surface area contributed by atoms with Crippen molar-refractivity contribution in [1.29, 1.82) is 0 Å². The Bertz CT molecular complexity index is 972. The molecule has 2 aromatic carbocycles. The number of nitrogens with one attached hydrogen (secondary N) is 1. The topological polar surface area (TPSA) is 85.1 Å². The Labute approximate surface area is 145 Å². The van der Waals surface area contributed by atoms with Crippen molar-refractivity contribution in [3.63, 3.8) is 0 Å². The van der Waals surface area contributed by atoms with Gasteiger partial charge in [0.2, 0.25) is 0 Å². The molecule has 120 valence electrons. The van der Waals surface area contributed by atoms with Gasteiger partial charge in [0, 0.05) is 33.2 Å². The SMILES string of the molecule is Cc1cc(C(=O)Nc2ccc(Br)c3cccnc23)ccc1[N+](=O)[O-]. The number of hydrogen-bond donors (Lipinski definition) is 1. The number of rotatable bonds is 3. The van der Waals surface area contributed by atoms with Crippen molar-refractivity contribution in [1.82, 2.24) is 4.98 Å². The fraction of sp³-hybridized carbons (Fsp3) is 0.0588. The smallest absolute Gasteiger partial charge is 0.272 e. The van der Waals surface area contributed by atoms with Crippen LogP contribution in [0.1, 0.15) is 15.9 Å². The molecule has 0 saturated heterocycles. The summed E-state index contributed by atoms with van der Waals surface area (Å²) in [6.45, 7) is 1.60. The van der Waals surface area contributed by atoms with E-state index >= 15 is 0 Å². The third kappa shape index (κ3) is 2.98. The second-order valence-corrected chi connectivity index (χ2v) is 6.06. The molecule has 7 heteroatoms. The van der Waals surface area contributed by atoms with Gasteiger partial charge in [-0.3, -0.25) is 19.9 Å². The lowest BCUT2D eigenvalue weighted by Crippen LogP contribution is -2.13. The first-order valence-electron chi connectivity index (χ1n) is 7.07. The second-order valence-electron chi connectivity index (χ2n) is 5.21. The van der Waals surface area contributed by atoms with Gasteiger partial charge in [-0.25, -0.2) is 0 Å². The fourth-order valence-electron chi connectivity index (χ4n) is 2.43. The summed E-state index contributed by atoms with van der Waals surface area (Å²) in [4.78, 5) is 27.2. The maximum atomic E-state index is 12.5. The van der Waals surface area contributed by atoms with Gasteiger partial charge in [-0.2, -0.15) is 0 Å². The molecule has 24 heavy (non-hydrogen) atoms. The normalized spacial score (nSPS) is 10.6. The first-order chi connectivity index (χ1) is 11.5. The van der Waals surface area contributed by atoms with Crippen LogP contribution in [0.25, 0.3) is 10.9 Å². The molecule has 1 heterocycles. The Balaban J connectivity index is 1.95. The standard InChI is InChI=1S/C17H12BrN3O3/c1-10-9-11(4-7-15(10)21(23)24)17(22)20-14-6-5-13(18)12-3-2-8-19-16(12)14/h2-9H,1H3,(H,20,22). The molecule has 0 saturated carbocycles. The van der Waals surface area contributed by atoms with E-state index < -0.39 is 4.92 Å². The van der Waals surface area contributed by atoms with E-state index in [1.807, 2.05) is 18.2 Å². The van der Waals surface area contributed by atoms with Crippen molar-refractivity contribution in [3.8, 4) is 0 Å². The van der Waals surface area contributed by atoms with Crippen LogP contribution in [0, 0.1) is 17.0 Å². The lowest BCUT2D eigenvalue weighted by Gasteiger charge is -2.09. The van der Waals surface area contributed by atoms with Gasteiger partial charge in [-0.15, -0.1) is 0 Å². The highest BCUT2D eigenvalue weighted by atomic mass is 79.9. The number of halogens is 1. The summed E-state index contributed by atoms with van der Waals surface area (Å²) in [5.41, 5.74) is 2.02. The first-order valence-corrected chi connectivity index (χ1v) is 7.86. The maximum absolute atomic E-state index is 12.5. The lowest BCUT2D eigenvalue weighted by molar-refractivity contribution is -0.385. The average molecular weight is 386 g/mol. The molecule has 0 spiro atoms. The molecule has 0 aliphatic heterocycles. The molecule has 3 aromatic rings. The zero-order valence-electron chi connectivity index (χ0n) is 12.6. The highest BCUT2D eigenvalue weighted by Gasteiger charge is 2.15. The van der Waals surface area contributed by atoms with Crippen molar-refractivity contribution in [2.45, 2.75) is 6.92 Å². The van der Waals surface area contributed by atoms with E-state index in [1.54, 1.807) is 19.2 Å². The average Bonchev–Trinajstić information content (AvgIpc) is 2.57. The fourth-order valence-corrected chi connectivity index (χ4v) is 2.89. The van der Waals surface area contributed by atoms with Crippen LogP contribution in [-0.2, 0) is 0 Å². The highest BCUT2D eigenvalue weighted by Crippen LogP contribution is 2.29. The van der Waals surface area contributed by atoms with Crippen molar-refractivity contribution < 1.29 is 9.72 Å². The van der Waals surface area contributed by atoms with E-state index in [9.17, 15) is 14.9 Å². The van der Waals surface area contributed by atoms with Crippen LogP contribution in [0.2, 0.25) is 0 Å². The Hall–Kier alpha value is -2.80. The Morgan fingerprint density at radius 1 is 1.25 bits per heavy atom. The summed E-state index contributed by atoms with van der Waals surface area (Å²) in [6, 6.07) is 11.6. The third-order valence-corrected chi connectivity index (χ3v) is 4.31. The van der Waals surface area contributed by atoms with Crippen LogP contribution in [-0.4, -0.2) is 15.8 Å². The molecule has 1 N–H and O–H groups in total. The Kier molecular flexibility index (Phi) is 4.26. The molecule has 0 unspecified atom stereocenters. The van der Waals surface area contributed by atoms with Crippen LogP contribution in [0.3, 0.4) is 0 Å². The number of amides is 1. The minimum Gasteiger partial charge on any atom is -0.320 e. The quantitative estimate of drug-likeness (QED) is 0.532. The molecule has 0 fully saturated rings. The molecule has 1 amide bonds. The van der Waals surface area contributed by atoms with Crippen LogP contribution in [0.5, 0.6) is 0 Å². The van der Waals surface area contributed by atoms with Crippen LogP contribution < -0.4 is 5.32 Å². The van der Waals surface area contributed by atoms with Crippen LogP contribution in [0.15, 0.2) is 53.1 Å². The summed E-state index contributed by atoms with van der Waals surface area (Å²) in [5, 5.41) is 14.6. The molecule has 0 aliphatic carbocycles. The zero-order valence-corrected chi connectivity index (χ0v) is 14.2. The van der Waals surface area contributed by atoms with Crippen molar-refractivity contribution in [2.75, 3.05) is 5.32 Å². The number of carbonyl (C=O) groups is 1. The van der Waals surface area contributed by atoms with Gasteiger partial charge >= 0.3 is 0 Å². The summed E-state index contributed by atoms with van der Waals surface area (Å²) in [5.74, 6) is -0.345. The number of benzene rings is 2. The summed E-state index contributed by atoms with van der Waals surface area (Å²) < 4.78 is 0.884. The van der Waals surface area contributed by atoms with Gasteiger partial charge in [0.15, 0.2) is 0 Å². The number of nitro groups is 1. The van der Waals surface area contributed by atoms with Crippen molar-refractivity contribution >= 4 is 44.1 Å². The number of anilines is 1. The Morgan fingerprint density at radius 3 is 2.75 bits per heavy atom. The predicted octanol–water partition coefficient (Wildman–Crippen LogP) is 4.47. The van der Waals surface area contributed by atoms with E-state index in [4.69, 9.17) is 0 Å².